The summed E-state index contributed by atoms with van der Waals surface area (Å²) < 4.78 is 6.01. The van der Waals surface area contributed by atoms with E-state index >= 15 is 0 Å². The van der Waals surface area contributed by atoms with E-state index < -0.39 is 0 Å². The van der Waals surface area contributed by atoms with Gasteiger partial charge in [-0.3, -0.25) is 4.98 Å². The first-order valence-corrected chi connectivity index (χ1v) is 9.38. The van der Waals surface area contributed by atoms with E-state index in [9.17, 15) is 0 Å². The molecule has 2 heterocycles. The Bertz CT molecular complexity index is 1030. The van der Waals surface area contributed by atoms with Crippen molar-refractivity contribution >= 4 is 22.2 Å². The molecule has 0 saturated heterocycles. The van der Waals surface area contributed by atoms with E-state index in [1.165, 1.54) is 11.3 Å². The van der Waals surface area contributed by atoms with Crippen molar-refractivity contribution in [2.75, 3.05) is 5.32 Å². The molecule has 6 heteroatoms. The molecule has 0 bridgehead atoms. The van der Waals surface area contributed by atoms with Crippen molar-refractivity contribution in [3.8, 4) is 16.3 Å². The van der Waals surface area contributed by atoms with E-state index in [2.05, 4.69) is 33.5 Å². The fourth-order valence-corrected chi connectivity index (χ4v) is 3.41. The Hall–Kier alpha value is -3.25. The summed E-state index contributed by atoms with van der Waals surface area (Å²) in [5.74, 6) is 0.785. The maximum atomic E-state index is 6.01. The fourth-order valence-electron chi connectivity index (χ4n) is 2.62. The van der Waals surface area contributed by atoms with Gasteiger partial charge in [0.05, 0.1) is 5.56 Å². The highest BCUT2D eigenvalue weighted by atomic mass is 32.1. The molecule has 134 valence electrons. The number of hydrogen-bond donors (Lipinski definition) is 1. The molecule has 0 unspecified atom stereocenters. The minimum absolute atomic E-state index is 0.479. The standard InChI is InChI=1S/C21H18N4OS/c1-15-6-2-4-8-18(15)23-21-25-24-20(27-21)17-7-3-5-9-19(17)26-14-16-10-12-22-13-11-16/h2-13H,14H2,1H3,(H,23,25). The number of para-hydroxylation sites is 2. The first-order valence-electron chi connectivity index (χ1n) is 8.57. The van der Waals surface area contributed by atoms with Crippen LogP contribution in [0.25, 0.3) is 10.6 Å². The van der Waals surface area contributed by atoms with Gasteiger partial charge in [0.1, 0.15) is 12.4 Å². The number of aromatic nitrogens is 3. The van der Waals surface area contributed by atoms with Crippen LogP contribution >= 0.6 is 11.3 Å². The van der Waals surface area contributed by atoms with Gasteiger partial charge in [0, 0.05) is 18.1 Å². The molecule has 0 aliphatic heterocycles. The molecule has 2 aromatic carbocycles. The Kier molecular flexibility index (Phi) is 5.07. The smallest absolute Gasteiger partial charge is 0.210 e. The molecular formula is C21H18N4OS. The molecular weight excluding hydrogens is 356 g/mol. The summed E-state index contributed by atoms with van der Waals surface area (Å²) in [4.78, 5) is 4.03. The molecule has 4 rings (SSSR count). The molecule has 0 radical (unpaired) electrons. The predicted molar refractivity (Wildman–Crippen MR) is 108 cm³/mol. The van der Waals surface area contributed by atoms with Crippen molar-refractivity contribution < 1.29 is 4.74 Å². The van der Waals surface area contributed by atoms with E-state index in [0.717, 1.165) is 38.3 Å². The molecule has 2 aromatic heterocycles. The van der Waals surface area contributed by atoms with Crippen LogP contribution in [-0.2, 0) is 6.61 Å². The lowest BCUT2D eigenvalue weighted by atomic mass is 10.2. The van der Waals surface area contributed by atoms with Crippen LogP contribution in [0.3, 0.4) is 0 Å². The SMILES string of the molecule is Cc1ccccc1Nc1nnc(-c2ccccc2OCc2ccncc2)s1. The fraction of sp³-hybridized carbons (Fsp3) is 0.0952. The van der Waals surface area contributed by atoms with Gasteiger partial charge in [0.15, 0.2) is 5.01 Å². The minimum Gasteiger partial charge on any atom is -0.488 e. The van der Waals surface area contributed by atoms with Crippen LogP contribution in [-0.4, -0.2) is 15.2 Å². The van der Waals surface area contributed by atoms with Gasteiger partial charge in [0.25, 0.3) is 0 Å². The van der Waals surface area contributed by atoms with Crippen LogP contribution in [0.5, 0.6) is 5.75 Å². The normalized spacial score (nSPS) is 10.6. The highest BCUT2D eigenvalue weighted by Gasteiger charge is 2.12. The van der Waals surface area contributed by atoms with E-state index in [-0.39, 0.29) is 0 Å². The van der Waals surface area contributed by atoms with Crippen molar-refractivity contribution in [3.63, 3.8) is 0 Å². The molecule has 0 fully saturated rings. The van der Waals surface area contributed by atoms with Gasteiger partial charge in [-0.25, -0.2) is 0 Å². The topological polar surface area (TPSA) is 59.9 Å². The Balaban J connectivity index is 1.54. The van der Waals surface area contributed by atoms with Crippen LogP contribution in [0, 0.1) is 6.92 Å². The van der Waals surface area contributed by atoms with Crippen LogP contribution < -0.4 is 10.1 Å². The third-order valence-corrected chi connectivity index (χ3v) is 4.94. The third kappa shape index (κ3) is 4.12. The number of anilines is 2. The van der Waals surface area contributed by atoms with Crippen LogP contribution in [0.2, 0.25) is 0 Å². The van der Waals surface area contributed by atoms with Crippen molar-refractivity contribution in [3.05, 3.63) is 84.2 Å². The average Bonchev–Trinajstić information content (AvgIpc) is 3.18. The van der Waals surface area contributed by atoms with Crippen molar-refractivity contribution in [1.82, 2.24) is 15.2 Å². The molecule has 0 spiro atoms. The lowest BCUT2D eigenvalue weighted by molar-refractivity contribution is 0.307. The van der Waals surface area contributed by atoms with Gasteiger partial charge < -0.3 is 10.1 Å². The Morgan fingerprint density at radius 1 is 0.926 bits per heavy atom. The van der Waals surface area contributed by atoms with Gasteiger partial charge in [-0.2, -0.15) is 0 Å². The molecule has 0 aliphatic rings. The van der Waals surface area contributed by atoms with E-state index in [1.807, 2.05) is 54.6 Å². The summed E-state index contributed by atoms with van der Waals surface area (Å²) >= 11 is 1.50. The maximum Gasteiger partial charge on any atom is 0.210 e. The first-order chi connectivity index (χ1) is 13.3. The second-order valence-electron chi connectivity index (χ2n) is 5.99. The zero-order chi connectivity index (χ0) is 18.5. The molecule has 5 nitrogen and oxygen atoms in total. The third-order valence-electron chi connectivity index (χ3n) is 4.07. The number of ether oxygens (including phenoxy) is 1. The number of nitrogens with one attached hydrogen (secondary N) is 1. The quantitative estimate of drug-likeness (QED) is 0.501. The Labute approximate surface area is 161 Å². The number of benzene rings is 2. The molecule has 27 heavy (non-hydrogen) atoms. The van der Waals surface area contributed by atoms with E-state index in [4.69, 9.17) is 4.74 Å². The summed E-state index contributed by atoms with van der Waals surface area (Å²) in [5.41, 5.74) is 4.19. The summed E-state index contributed by atoms with van der Waals surface area (Å²) in [6, 6.07) is 19.9. The number of pyridine rings is 1. The van der Waals surface area contributed by atoms with Gasteiger partial charge >= 0.3 is 0 Å². The maximum absolute atomic E-state index is 6.01. The minimum atomic E-state index is 0.479. The summed E-state index contributed by atoms with van der Waals surface area (Å²) in [6.45, 7) is 2.54. The largest absolute Gasteiger partial charge is 0.488 e. The molecule has 0 aliphatic carbocycles. The molecule has 1 N–H and O–H groups in total. The average molecular weight is 374 g/mol. The molecule has 0 atom stereocenters. The summed E-state index contributed by atoms with van der Waals surface area (Å²) in [5, 5.41) is 13.5. The number of aryl methyl sites for hydroxylation is 1. The van der Waals surface area contributed by atoms with E-state index in [0.29, 0.717) is 6.61 Å². The van der Waals surface area contributed by atoms with Crippen molar-refractivity contribution in [2.45, 2.75) is 13.5 Å². The zero-order valence-electron chi connectivity index (χ0n) is 14.8. The van der Waals surface area contributed by atoms with Crippen LogP contribution in [0.15, 0.2) is 73.1 Å². The highest BCUT2D eigenvalue weighted by molar-refractivity contribution is 7.18. The van der Waals surface area contributed by atoms with Gasteiger partial charge in [-0.05, 0) is 48.4 Å². The van der Waals surface area contributed by atoms with Gasteiger partial charge in [-0.15, -0.1) is 10.2 Å². The van der Waals surface area contributed by atoms with E-state index in [1.54, 1.807) is 12.4 Å². The molecule has 0 amide bonds. The lowest BCUT2D eigenvalue weighted by Gasteiger charge is -2.09. The molecule has 0 saturated carbocycles. The summed E-state index contributed by atoms with van der Waals surface area (Å²) in [6.07, 6.45) is 3.53. The van der Waals surface area contributed by atoms with Crippen molar-refractivity contribution in [1.29, 1.82) is 0 Å². The number of rotatable bonds is 6. The zero-order valence-corrected chi connectivity index (χ0v) is 15.6. The monoisotopic (exact) mass is 374 g/mol. The first kappa shape index (κ1) is 17.2. The highest BCUT2D eigenvalue weighted by Crippen LogP contribution is 2.35. The van der Waals surface area contributed by atoms with Crippen LogP contribution in [0.4, 0.5) is 10.8 Å². The Morgan fingerprint density at radius 2 is 1.70 bits per heavy atom. The molecule has 4 aromatic rings. The van der Waals surface area contributed by atoms with Crippen molar-refractivity contribution in [2.24, 2.45) is 0 Å². The van der Waals surface area contributed by atoms with Gasteiger partial charge in [-0.1, -0.05) is 41.7 Å². The predicted octanol–water partition coefficient (Wildman–Crippen LogP) is 5.23. The van der Waals surface area contributed by atoms with Gasteiger partial charge in [0.2, 0.25) is 5.13 Å². The second kappa shape index (κ2) is 7.97. The lowest BCUT2D eigenvalue weighted by Crippen LogP contribution is -1.96. The second-order valence-corrected chi connectivity index (χ2v) is 6.97. The number of hydrogen-bond acceptors (Lipinski definition) is 6. The summed E-state index contributed by atoms with van der Waals surface area (Å²) in [7, 11) is 0. The number of nitrogens with zero attached hydrogens (tertiary/aromatic N) is 3. The Morgan fingerprint density at radius 3 is 2.56 bits per heavy atom. The van der Waals surface area contributed by atoms with Crippen LogP contribution in [0.1, 0.15) is 11.1 Å².